The number of halogens is 1. The van der Waals surface area contributed by atoms with Gasteiger partial charge in [-0.05, 0) is 24.6 Å². The van der Waals surface area contributed by atoms with E-state index in [1.807, 2.05) is 12.1 Å². The number of ketones is 1. The van der Waals surface area contributed by atoms with E-state index in [-0.39, 0.29) is 30.4 Å². The van der Waals surface area contributed by atoms with Gasteiger partial charge in [0.25, 0.3) is 0 Å². The monoisotopic (exact) mass is 336 g/mol. The van der Waals surface area contributed by atoms with Gasteiger partial charge >= 0.3 is 0 Å². The van der Waals surface area contributed by atoms with Gasteiger partial charge < -0.3 is 14.6 Å². The van der Waals surface area contributed by atoms with Crippen molar-refractivity contribution in [2.24, 2.45) is 0 Å². The Morgan fingerprint density at radius 1 is 0.913 bits per heavy atom. The Kier molecular flexibility index (Phi) is 6.16. The lowest BCUT2D eigenvalue weighted by molar-refractivity contribution is -0.139. The van der Waals surface area contributed by atoms with E-state index < -0.39 is 0 Å². The smallest absolute Gasteiger partial charge is 0.227 e. The lowest BCUT2D eigenvalue weighted by atomic mass is 10.1. The molecule has 1 aliphatic rings. The van der Waals surface area contributed by atoms with Gasteiger partial charge in [-0.15, -0.1) is 0 Å². The molecule has 0 saturated carbocycles. The Balaban J connectivity index is 1.79. The van der Waals surface area contributed by atoms with E-state index in [2.05, 4.69) is 0 Å². The van der Waals surface area contributed by atoms with E-state index in [4.69, 9.17) is 11.6 Å². The molecule has 0 bridgehead atoms. The van der Waals surface area contributed by atoms with E-state index in [1.165, 1.54) is 6.92 Å². The summed E-state index contributed by atoms with van der Waals surface area (Å²) in [6.07, 6.45) is 0.887. The highest BCUT2D eigenvalue weighted by Gasteiger charge is 2.24. The van der Waals surface area contributed by atoms with Gasteiger partial charge in [0.1, 0.15) is 5.78 Å². The molecule has 2 rings (SSSR count). The van der Waals surface area contributed by atoms with Crippen LogP contribution in [0.25, 0.3) is 0 Å². The summed E-state index contributed by atoms with van der Waals surface area (Å²) in [7, 11) is 0. The summed E-state index contributed by atoms with van der Waals surface area (Å²) in [5.41, 5.74) is 0.930. The molecule has 124 valence electrons. The number of piperazine rings is 1. The molecule has 1 aromatic carbocycles. The van der Waals surface area contributed by atoms with Crippen molar-refractivity contribution < 1.29 is 14.4 Å². The van der Waals surface area contributed by atoms with Crippen LogP contribution in [0.5, 0.6) is 0 Å². The molecule has 23 heavy (non-hydrogen) atoms. The minimum absolute atomic E-state index is 0.00926. The number of hydrogen-bond donors (Lipinski definition) is 0. The number of Topliss-reactive ketones (excluding diaryl/α,β-unsaturated/α-hetero) is 1. The first kappa shape index (κ1) is 17.5. The van der Waals surface area contributed by atoms with Crippen molar-refractivity contribution in [1.29, 1.82) is 0 Å². The van der Waals surface area contributed by atoms with Gasteiger partial charge in [-0.3, -0.25) is 9.59 Å². The molecule has 0 atom stereocenters. The number of nitrogens with zero attached hydrogens (tertiary/aromatic N) is 2. The number of rotatable bonds is 5. The number of amides is 2. The second kappa shape index (κ2) is 8.11. The van der Waals surface area contributed by atoms with Gasteiger partial charge in [0.15, 0.2) is 0 Å². The highest BCUT2D eigenvalue weighted by Crippen LogP contribution is 2.12. The molecule has 0 N–H and O–H groups in total. The lowest BCUT2D eigenvalue weighted by Gasteiger charge is -2.35. The summed E-state index contributed by atoms with van der Waals surface area (Å²) in [6.45, 7) is 3.63. The van der Waals surface area contributed by atoms with Gasteiger partial charge in [0, 0.05) is 44.0 Å². The highest BCUT2D eigenvalue weighted by atomic mass is 35.5. The van der Waals surface area contributed by atoms with Crippen LogP contribution in [0.3, 0.4) is 0 Å². The van der Waals surface area contributed by atoms with Crippen LogP contribution in [-0.2, 0) is 20.8 Å². The zero-order valence-corrected chi connectivity index (χ0v) is 14.0. The maximum atomic E-state index is 12.3. The summed E-state index contributed by atoms with van der Waals surface area (Å²) < 4.78 is 0. The van der Waals surface area contributed by atoms with Gasteiger partial charge in [-0.2, -0.15) is 0 Å². The Hall–Kier alpha value is -1.88. The summed E-state index contributed by atoms with van der Waals surface area (Å²) in [5.74, 6) is 0.0725. The SMILES string of the molecule is CC(=O)CCC(=O)N1CCN(C(=O)Cc2ccc(Cl)cc2)CC1. The molecule has 1 aromatic rings. The van der Waals surface area contributed by atoms with Crippen LogP contribution in [-0.4, -0.2) is 53.6 Å². The van der Waals surface area contributed by atoms with Gasteiger partial charge in [0.2, 0.25) is 11.8 Å². The molecule has 0 aliphatic carbocycles. The van der Waals surface area contributed by atoms with Crippen LogP contribution in [0.4, 0.5) is 0 Å². The van der Waals surface area contributed by atoms with Crippen LogP contribution in [0.2, 0.25) is 5.02 Å². The third-order valence-electron chi connectivity index (χ3n) is 3.94. The number of hydrogen-bond acceptors (Lipinski definition) is 3. The molecular formula is C17H21ClN2O3. The zero-order chi connectivity index (χ0) is 16.8. The van der Waals surface area contributed by atoms with E-state index in [0.717, 1.165) is 5.56 Å². The zero-order valence-electron chi connectivity index (χ0n) is 13.3. The minimum atomic E-state index is -0.00926. The van der Waals surface area contributed by atoms with Gasteiger partial charge in [-0.25, -0.2) is 0 Å². The average Bonchev–Trinajstić information content (AvgIpc) is 2.55. The maximum Gasteiger partial charge on any atom is 0.227 e. The van der Waals surface area contributed by atoms with Crippen molar-refractivity contribution in [3.63, 3.8) is 0 Å². The molecular weight excluding hydrogens is 316 g/mol. The average molecular weight is 337 g/mol. The highest BCUT2D eigenvalue weighted by molar-refractivity contribution is 6.30. The van der Waals surface area contributed by atoms with E-state index >= 15 is 0 Å². The second-order valence-electron chi connectivity index (χ2n) is 5.77. The van der Waals surface area contributed by atoms with Crippen LogP contribution in [0.15, 0.2) is 24.3 Å². The Labute approximate surface area is 141 Å². The second-order valence-corrected chi connectivity index (χ2v) is 6.20. The predicted octanol–water partition coefficient (Wildman–Crippen LogP) is 1.92. The molecule has 0 unspecified atom stereocenters. The quantitative estimate of drug-likeness (QED) is 0.825. The van der Waals surface area contributed by atoms with Gasteiger partial charge in [0.05, 0.1) is 6.42 Å². The van der Waals surface area contributed by atoms with Crippen molar-refractivity contribution in [3.05, 3.63) is 34.9 Å². The summed E-state index contributed by atoms with van der Waals surface area (Å²) in [6, 6.07) is 7.25. The standard InChI is InChI=1S/C17H21ClN2O3/c1-13(21)2-7-16(22)19-8-10-20(11-9-19)17(23)12-14-3-5-15(18)6-4-14/h3-6H,2,7-12H2,1H3. The number of carbonyl (C=O) groups excluding carboxylic acids is 3. The van der Waals surface area contributed by atoms with Crippen molar-refractivity contribution in [2.45, 2.75) is 26.2 Å². The summed E-state index contributed by atoms with van der Waals surface area (Å²) in [5, 5.41) is 0.652. The van der Waals surface area contributed by atoms with Crippen molar-refractivity contribution in [3.8, 4) is 0 Å². The first-order valence-electron chi connectivity index (χ1n) is 7.75. The van der Waals surface area contributed by atoms with Crippen molar-refractivity contribution >= 4 is 29.2 Å². The summed E-state index contributed by atoms with van der Waals surface area (Å²) >= 11 is 5.83. The molecule has 1 fully saturated rings. The van der Waals surface area contributed by atoms with Crippen LogP contribution in [0.1, 0.15) is 25.3 Å². The molecule has 1 heterocycles. The fourth-order valence-electron chi connectivity index (χ4n) is 2.54. The number of benzene rings is 1. The number of carbonyl (C=O) groups is 3. The first-order valence-corrected chi connectivity index (χ1v) is 8.13. The Morgan fingerprint density at radius 2 is 1.43 bits per heavy atom. The molecule has 1 saturated heterocycles. The lowest BCUT2D eigenvalue weighted by Crippen LogP contribution is -2.51. The molecule has 2 amide bonds. The van der Waals surface area contributed by atoms with Crippen LogP contribution >= 0.6 is 11.6 Å². The normalized spacial score (nSPS) is 14.7. The molecule has 0 spiro atoms. The van der Waals surface area contributed by atoms with Crippen molar-refractivity contribution in [1.82, 2.24) is 9.80 Å². The minimum Gasteiger partial charge on any atom is -0.339 e. The maximum absolute atomic E-state index is 12.3. The third-order valence-corrected chi connectivity index (χ3v) is 4.20. The van der Waals surface area contributed by atoms with Gasteiger partial charge in [-0.1, -0.05) is 23.7 Å². The third kappa shape index (κ3) is 5.36. The summed E-state index contributed by atoms with van der Waals surface area (Å²) in [4.78, 5) is 38.7. The molecule has 5 nitrogen and oxygen atoms in total. The fraction of sp³-hybridized carbons (Fsp3) is 0.471. The Morgan fingerprint density at radius 3 is 1.96 bits per heavy atom. The van der Waals surface area contributed by atoms with E-state index in [1.54, 1.807) is 21.9 Å². The van der Waals surface area contributed by atoms with E-state index in [0.29, 0.717) is 37.6 Å². The predicted molar refractivity (Wildman–Crippen MR) is 88.2 cm³/mol. The topological polar surface area (TPSA) is 57.7 Å². The first-order chi connectivity index (χ1) is 11.0. The van der Waals surface area contributed by atoms with Crippen LogP contribution in [0, 0.1) is 0 Å². The van der Waals surface area contributed by atoms with Crippen molar-refractivity contribution in [2.75, 3.05) is 26.2 Å². The molecule has 1 aliphatic heterocycles. The fourth-order valence-corrected chi connectivity index (χ4v) is 2.66. The van der Waals surface area contributed by atoms with Crippen LogP contribution < -0.4 is 0 Å². The largest absolute Gasteiger partial charge is 0.339 e. The molecule has 0 aromatic heterocycles. The van der Waals surface area contributed by atoms with E-state index in [9.17, 15) is 14.4 Å². The molecule has 6 heteroatoms. The Bertz CT molecular complexity index is 578. The molecule has 0 radical (unpaired) electrons.